The molecule has 0 atom stereocenters. The van der Waals surface area contributed by atoms with Gasteiger partial charge in [0.05, 0.1) is 38.6 Å². The second-order valence-electron chi connectivity index (χ2n) is 9.67. The molecule has 0 unspecified atom stereocenters. The molecule has 5 aromatic heterocycles. The van der Waals surface area contributed by atoms with Gasteiger partial charge in [-0.2, -0.15) is 0 Å². The Morgan fingerprint density at radius 1 is 0.432 bits per heavy atom. The van der Waals surface area contributed by atoms with Crippen LogP contribution in [-0.4, -0.2) is 18.5 Å². The molecular formula is C33H20N4. The Morgan fingerprint density at radius 2 is 1.08 bits per heavy atom. The number of benzene rings is 4. The van der Waals surface area contributed by atoms with Crippen LogP contribution in [0.25, 0.3) is 71.8 Å². The van der Waals surface area contributed by atoms with E-state index in [9.17, 15) is 0 Å². The van der Waals surface area contributed by atoms with Crippen molar-refractivity contribution in [1.82, 2.24) is 18.5 Å². The molecule has 0 bridgehead atoms. The van der Waals surface area contributed by atoms with Crippen molar-refractivity contribution < 1.29 is 0 Å². The van der Waals surface area contributed by atoms with Crippen LogP contribution < -0.4 is 0 Å². The highest BCUT2D eigenvalue weighted by atomic mass is 15.3. The van der Waals surface area contributed by atoms with Crippen molar-refractivity contribution in [2.24, 2.45) is 0 Å². The van der Waals surface area contributed by atoms with Crippen LogP contribution in [0.1, 0.15) is 0 Å². The van der Waals surface area contributed by atoms with E-state index < -0.39 is 0 Å². The lowest BCUT2D eigenvalue weighted by Crippen LogP contribution is -2.05. The largest absolute Gasteiger partial charge is 0.306 e. The molecule has 0 fully saturated rings. The summed E-state index contributed by atoms with van der Waals surface area (Å²) in [6.45, 7) is 0. The molecule has 4 aromatic carbocycles. The van der Waals surface area contributed by atoms with Crippen LogP contribution in [0.4, 0.5) is 0 Å². The number of nitrogens with zero attached hydrogens (tertiary/aromatic N) is 4. The Hall–Kier alpha value is -5.09. The summed E-state index contributed by atoms with van der Waals surface area (Å²) < 4.78 is 7.09. The summed E-state index contributed by atoms with van der Waals surface area (Å²) in [6, 6.07) is 43.1. The molecule has 0 spiro atoms. The first-order valence-electron chi connectivity index (χ1n) is 12.6. The van der Waals surface area contributed by atoms with Crippen molar-refractivity contribution >= 4 is 60.2 Å². The molecule has 0 N–H and O–H groups in total. The molecule has 0 saturated heterocycles. The zero-order chi connectivity index (χ0) is 24.1. The maximum atomic E-state index is 5.25. The van der Waals surface area contributed by atoms with E-state index in [-0.39, 0.29) is 0 Å². The van der Waals surface area contributed by atoms with Crippen LogP contribution in [0.2, 0.25) is 0 Å². The number of hydrogen-bond acceptors (Lipinski definition) is 1. The summed E-state index contributed by atoms with van der Waals surface area (Å²) in [5, 5.41) is 5.09. The Kier molecular flexibility index (Phi) is 3.50. The number of para-hydroxylation sites is 4. The van der Waals surface area contributed by atoms with E-state index in [4.69, 9.17) is 4.98 Å². The minimum absolute atomic E-state index is 0.900. The van der Waals surface area contributed by atoms with Crippen LogP contribution in [-0.2, 0) is 0 Å². The van der Waals surface area contributed by atoms with Crippen LogP contribution in [0.3, 0.4) is 0 Å². The lowest BCUT2D eigenvalue weighted by molar-refractivity contribution is 0.957. The molecule has 9 aromatic rings. The maximum Gasteiger partial charge on any atom is 0.220 e. The number of imidazole rings is 1. The quantitative estimate of drug-likeness (QED) is 0.250. The van der Waals surface area contributed by atoms with Crippen molar-refractivity contribution in [1.29, 1.82) is 0 Å². The van der Waals surface area contributed by atoms with Crippen molar-refractivity contribution in [3.05, 3.63) is 121 Å². The predicted molar refractivity (Wildman–Crippen MR) is 153 cm³/mol. The Morgan fingerprint density at radius 3 is 1.95 bits per heavy atom. The first kappa shape index (κ1) is 19.1. The molecule has 4 heteroatoms. The highest BCUT2D eigenvalue weighted by Gasteiger charge is 2.26. The van der Waals surface area contributed by atoms with E-state index in [0.29, 0.717) is 0 Å². The fourth-order valence-corrected chi connectivity index (χ4v) is 6.35. The molecule has 0 radical (unpaired) electrons. The van der Waals surface area contributed by atoms with Gasteiger partial charge in [0.2, 0.25) is 5.95 Å². The Balaban J connectivity index is 1.57. The lowest BCUT2D eigenvalue weighted by Gasteiger charge is -2.12. The topological polar surface area (TPSA) is 27.2 Å². The van der Waals surface area contributed by atoms with Crippen molar-refractivity contribution in [3.8, 4) is 11.6 Å². The SMILES string of the molecule is c1ccc(-n2c(-n3c4ccccc4c4c3c3cccc5c6ccccc6c4n53)nc3ccccc32)cc1. The molecule has 0 saturated carbocycles. The third kappa shape index (κ3) is 2.30. The summed E-state index contributed by atoms with van der Waals surface area (Å²) in [4.78, 5) is 5.25. The maximum absolute atomic E-state index is 5.25. The summed E-state index contributed by atoms with van der Waals surface area (Å²) >= 11 is 0. The Labute approximate surface area is 211 Å². The van der Waals surface area contributed by atoms with E-state index >= 15 is 0 Å². The van der Waals surface area contributed by atoms with Crippen LogP contribution >= 0.6 is 0 Å². The summed E-state index contributed by atoms with van der Waals surface area (Å²) in [6.07, 6.45) is 0. The number of pyridine rings is 1. The first-order chi connectivity index (χ1) is 18.4. The van der Waals surface area contributed by atoms with Crippen LogP contribution in [0.15, 0.2) is 121 Å². The molecule has 5 heterocycles. The van der Waals surface area contributed by atoms with Gasteiger partial charge in [0.25, 0.3) is 0 Å². The predicted octanol–water partition coefficient (Wildman–Crippen LogP) is 8.12. The molecular weight excluding hydrogens is 452 g/mol. The molecule has 0 aliphatic heterocycles. The first-order valence-corrected chi connectivity index (χ1v) is 12.6. The third-order valence-electron chi connectivity index (χ3n) is 7.78. The highest BCUT2D eigenvalue weighted by molar-refractivity contribution is 6.30. The average molecular weight is 473 g/mol. The van der Waals surface area contributed by atoms with Gasteiger partial charge in [-0.1, -0.05) is 78.9 Å². The average Bonchev–Trinajstić information content (AvgIpc) is 3.68. The van der Waals surface area contributed by atoms with Crippen molar-refractivity contribution in [2.75, 3.05) is 0 Å². The smallest absolute Gasteiger partial charge is 0.220 e. The van der Waals surface area contributed by atoms with Gasteiger partial charge < -0.3 is 4.40 Å². The normalized spacial score (nSPS) is 12.3. The fourth-order valence-electron chi connectivity index (χ4n) is 6.35. The minimum Gasteiger partial charge on any atom is -0.306 e. The van der Waals surface area contributed by atoms with Gasteiger partial charge in [-0.05, 0) is 42.5 Å². The molecule has 0 aliphatic carbocycles. The summed E-state index contributed by atoms with van der Waals surface area (Å²) in [5.74, 6) is 0.900. The van der Waals surface area contributed by atoms with Gasteiger partial charge in [0, 0.05) is 27.2 Å². The van der Waals surface area contributed by atoms with E-state index in [0.717, 1.165) is 28.2 Å². The number of aromatic nitrogens is 4. The van der Waals surface area contributed by atoms with Gasteiger partial charge in [-0.3, -0.25) is 9.13 Å². The minimum atomic E-state index is 0.900. The monoisotopic (exact) mass is 472 g/mol. The van der Waals surface area contributed by atoms with Crippen molar-refractivity contribution in [3.63, 3.8) is 0 Å². The van der Waals surface area contributed by atoms with Crippen molar-refractivity contribution in [2.45, 2.75) is 0 Å². The molecule has 37 heavy (non-hydrogen) atoms. The zero-order valence-electron chi connectivity index (χ0n) is 19.8. The molecule has 4 nitrogen and oxygen atoms in total. The number of rotatable bonds is 2. The lowest BCUT2D eigenvalue weighted by atomic mass is 10.1. The molecule has 9 rings (SSSR count). The van der Waals surface area contributed by atoms with Gasteiger partial charge in [-0.15, -0.1) is 0 Å². The van der Waals surface area contributed by atoms with Crippen LogP contribution in [0.5, 0.6) is 0 Å². The summed E-state index contributed by atoms with van der Waals surface area (Å²) in [7, 11) is 0. The Bertz CT molecular complexity index is 2300. The second kappa shape index (κ2) is 6.77. The molecule has 0 amide bonds. The van der Waals surface area contributed by atoms with Gasteiger partial charge in [0.1, 0.15) is 0 Å². The molecule has 0 aliphatic rings. The molecule has 172 valence electrons. The van der Waals surface area contributed by atoms with E-state index in [1.807, 2.05) is 0 Å². The van der Waals surface area contributed by atoms with Gasteiger partial charge in [0.15, 0.2) is 0 Å². The highest BCUT2D eigenvalue weighted by Crippen LogP contribution is 2.44. The van der Waals surface area contributed by atoms with Gasteiger partial charge >= 0.3 is 0 Å². The van der Waals surface area contributed by atoms with E-state index in [2.05, 4.69) is 135 Å². The standard InChI is InChI=1S/C33H20N4/c1-2-11-21(12-3-1)35-28-18-9-7-16-25(28)34-33(35)37-27-17-8-6-15-24(27)30-31-23-14-5-4-13-22(23)26-19-10-20-29(32(30)37)36(26)31/h1-20H. The van der Waals surface area contributed by atoms with Gasteiger partial charge in [-0.25, -0.2) is 4.98 Å². The number of hydrogen-bond donors (Lipinski definition) is 0. The second-order valence-corrected chi connectivity index (χ2v) is 9.67. The zero-order valence-corrected chi connectivity index (χ0v) is 19.8. The van der Waals surface area contributed by atoms with E-state index in [1.165, 1.54) is 43.6 Å². The summed E-state index contributed by atoms with van der Waals surface area (Å²) in [5.41, 5.74) is 9.24. The number of fused-ring (bicyclic) bond motifs is 9. The fraction of sp³-hybridized carbons (Fsp3) is 0. The third-order valence-corrected chi connectivity index (χ3v) is 7.78. The van der Waals surface area contributed by atoms with Crippen LogP contribution in [0, 0.1) is 0 Å². The van der Waals surface area contributed by atoms with E-state index in [1.54, 1.807) is 0 Å².